The van der Waals surface area contributed by atoms with Gasteiger partial charge in [0.15, 0.2) is 6.29 Å². The Morgan fingerprint density at radius 1 is 1.33 bits per heavy atom. The first kappa shape index (κ1) is 7.50. The van der Waals surface area contributed by atoms with Crippen LogP contribution in [0.2, 0.25) is 0 Å². The molecule has 1 nitrogen and oxygen atoms in total. The molecule has 0 aliphatic carbocycles. The van der Waals surface area contributed by atoms with E-state index in [4.69, 9.17) is 0 Å². The summed E-state index contributed by atoms with van der Waals surface area (Å²) in [5, 5.41) is 3.10. The Kier molecular flexibility index (Phi) is 1.70. The summed E-state index contributed by atoms with van der Waals surface area (Å²) in [6.45, 7) is 2.06. The molecule has 0 fully saturated rings. The van der Waals surface area contributed by atoms with Crippen molar-refractivity contribution in [3.05, 3.63) is 34.7 Å². The fourth-order valence-corrected chi connectivity index (χ4v) is 2.23. The predicted octanol–water partition coefficient (Wildman–Crippen LogP) is 3.02. The molecular formula is C10H8OS. The third-order valence-corrected chi connectivity index (χ3v) is 3.02. The lowest BCUT2D eigenvalue weighted by Gasteiger charge is -1.97. The number of hydrogen-bond donors (Lipinski definition) is 0. The fourth-order valence-electron chi connectivity index (χ4n) is 1.32. The summed E-state index contributed by atoms with van der Waals surface area (Å²) < 4.78 is 1.22. The van der Waals surface area contributed by atoms with Crippen molar-refractivity contribution in [3.63, 3.8) is 0 Å². The molecule has 0 unspecified atom stereocenters. The summed E-state index contributed by atoms with van der Waals surface area (Å²) in [6.07, 6.45) is 0.911. The second-order valence-corrected chi connectivity index (χ2v) is 3.67. The lowest BCUT2D eigenvalue weighted by Crippen LogP contribution is -1.81. The molecule has 0 spiro atoms. The van der Waals surface area contributed by atoms with Crippen LogP contribution >= 0.6 is 11.3 Å². The first-order valence-electron chi connectivity index (χ1n) is 3.75. The molecule has 0 radical (unpaired) electrons. The summed E-state index contributed by atoms with van der Waals surface area (Å²) >= 11 is 1.68. The Balaban J connectivity index is 2.91. The van der Waals surface area contributed by atoms with E-state index in [1.165, 1.54) is 10.3 Å². The van der Waals surface area contributed by atoms with E-state index in [1.807, 2.05) is 23.6 Å². The molecule has 2 heteroatoms. The molecule has 2 aromatic rings. The monoisotopic (exact) mass is 176 g/mol. The van der Waals surface area contributed by atoms with Crippen molar-refractivity contribution in [3.8, 4) is 0 Å². The number of carbonyl (C=O) groups excluding carboxylic acids is 1. The Hall–Kier alpha value is -1.15. The van der Waals surface area contributed by atoms with Gasteiger partial charge in [-0.25, -0.2) is 0 Å². The summed E-state index contributed by atoms with van der Waals surface area (Å²) in [6, 6.07) is 5.86. The van der Waals surface area contributed by atoms with Gasteiger partial charge in [-0.2, -0.15) is 0 Å². The van der Waals surface area contributed by atoms with Gasteiger partial charge in [-0.3, -0.25) is 4.79 Å². The van der Waals surface area contributed by atoms with Crippen molar-refractivity contribution >= 4 is 27.7 Å². The molecule has 0 bridgehead atoms. The Labute approximate surface area is 74.6 Å². The Bertz CT molecular complexity index is 428. The molecule has 0 atom stereocenters. The highest BCUT2D eigenvalue weighted by Crippen LogP contribution is 2.26. The first-order valence-corrected chi connectivity index (χ1v) is 4.63. The zero-order valence-electron chi connectivity index (χ0n) is 6.70. The van der Waals surface area contributed by atoms with E-state index in [-0.39, 0.29) is 0 Å². The van der Waals surface area contributed by atoms with Crippen LogP contribution in [0.3, 0.4) is 0 Å². The maximum absolute atomic E-state index is 10.6. The zero-order chi connectivity index (χ0) is 8.55. The minimum Gasteiger partial charge on any atom is -0.298 e. The van der Waals surface area contributed by atoms with E-state index in [2.05, 4.69) is 6.92 Å². The van der Waals surface area contributed by atoms with Gasteiger partial charge in [-0.1, -0.05) is 12.1 Å². The smallest absolute Gasteiger partial charge is 0.150 e. The second-order valence-electron chi connectivity index (χ2n) is 2.75. The van der Waals surface area contributed by atoms with Crippen molar-refractivity contribution < 1.29 is 4.79 Å². The minimum absolute atomic E-state index is 0.789. The van der Waals surface area contributed by atoms with Gasteiger partial charge in [-0.15, -0.1) is 11.3 Å². The third-order valence-electron chi connectivity index (χ3n) is 1.97. The van der Waals surface area contributed by atoms with Gasteiger partial charge in [0, 0.05) is 15.6 Å². The van der Waals surface area contributed by atoms with Gasteiger partial charge in [0.25, 0.3) is 0 Å². The standard InChI is InChI=1S/C10H8OS/c1-7-2-3-8(6-11)9-4-5-12-10(7)9/h2-6H,1H3. The number of fused-ring (bicyclic) bond motifs is 1. The largest absolute Gasteiger partial charge is 0.298 e. The third kappa shape index (κ3) is 0.959. The number of benzene rings is 1. The van der Waals surface area contributed by atoms with Crippen LogP contribution in [0, 0.1) is 6.92 Å². The molecule has 1 heterocycles. The predicted molar refractivity (Wildman–Crippen MR) is 51.9 cm³/mol. The van der Waals surface area contributed by atoms with E-state index in [9.17, 15) is 4.79 Å². The van der Waals surface area contributed by atoms with Gasteiger partial charge in [0.1, 0.15) is 0 Å². The number of aldehydes is 1. The van der Waals surface area contributed by atoms with Crippen LogP contribution in [-0.4, -0.2) is 6.29 Å². The molecule has 12 heavy (non-hydrogen) atoms. The van der Waals surface area contributed by atoms with E-state index in [1.54, 1.807) is 11.3 Å². The topological polar surface area (TPSA) is 17.1 Å². The average molecular weight is 176 g/mol. The van der Waals surface area contributed by atoms with E-state index >= 15 is 0 Å². The van der Waals surface area contributed by atoms with E-state index in [0.717, 1.165) is 17.2 Å². The lowest BCUT2D eigenvalue weighted by molar-refractivity contribution is 0.112. The lowest BCUT2D eigenvalue weighted by atomic mass is 10.1. The van der Waals surface area contributed by atoms with Gasteiger partial charge < -0.3 is 0 Å². The normalized spacial score (nSPS) is 10.4. The van der Waals surface area contributed by atoms with Crippen molar-refractivity contribution in [2.75, 3.05) is 0 Å². The number of carbonyl (C=O) groups is 1. The molecule has 1 aromatic heterocycles. The molecule has 0 amide bonds. The number of thiophene rings is 1. The first-order chi connectivity index (χ1) is 5.83. The quantitative estimate of drug-likeness (QED) is 0.610. The summed E-state index contributed by atoms with van der Waals surface area (Å²) in [5.41, 5.74) is 2.03. The average Bonchev–Trinajstić information content (AvgIpc) is 2.54. The highest BCUT2D eigenvalue weighted by Gasteiger charge is 2.02. The van der Waals surface area contributed by atoms with Crippen LogP contribution < -0.4 is 0 Å². The number of hydrogen-bond acceptors (Lipinski definition) is 2. The van der Waals surface area contributed by atoms with Crippen LogP contribution in [0.25, 0.3) is 10.1 Å². The summed E-state index contributed by atoms with van der Waals surface area (Å²) in [7, 11) is 0. The highest BCUT2D eigenvalue weighted by atomic mass is 32.1. The minimum atomic E-state index is 0.789. The van der Waals surface area contributed by atoms with E-state index < -0.39 is 0 Å². The van der Waals surface area contributed by atoms with Crippen molar-refractivity contribution in [1.82, 2.24) is 0 Å². The van der Waals surface area contributed by atoms with Gasteiger partial charge >= 0.3 is 0 Å². The SMILES string of the molecule is Cc1ccc(C=O)c2ccsc12. The van der Waals surface area contributed by atoms with Crippen LogP contribution in [-0.2, 0) is 0 Å². The molecule has 1 aromatic carbocycles. The molecule has 0 saturated heterocycles. The highest BCUT2D eigenvalue weighted by molar-refractivity contribution is 7.17. The maximum Gasteiger partial charge on any atom is 0.150 e. The molecule has 60 valence electrons. The molecule has 0 aliphatic rings. The molecular weight excluding hydrogens is 168 g/mol. The second kappa shape index (κ2) is 2.72. The number of aryl methyl sites for hydroxylation is 1. The fraction of sp³-hybridized carbons (Fsp3) is 0.100. The van der Waals surface area contributed by atoms with Gasteiger partial charge in [0.05, 0.1) is 0 Å². The summed E-state index contributed by atoms with van der Waals surface area (Å²) in [5.74, 6) is 0. The summed E-state index contributed by atoms with van der Waals surface area (Å²) in [4.78, 5) is 10.6. The van der Waals surface area contributed by atoms with Crippen LogP contribution in [0.4, 0.5) is 0 Å². The van der Waals surface area contributed by atoms with Crippen molar-refractivity contribution in [2.45, 2.75) is 6.92 Å². The zero-order valence-corrected chi connectivity index (χ0v) is 7.52. The molecule has 2 rings (SSSR count). The van der Waals surface area contributed by atoms with Gasteiger partial charge in [-0.05, 0) is 23.9 Å². The molecule has 0 aliphatic heterocycles. The molecule has 0 saturated carbocycles. The maximum atomic E-state index is 10.6. The van der Waals surface area contributed by atoms with E-state index in [0.29, 0.717) is 0 Å². The number of rotatable bonds is 1. The van der Waals surface area contributed by atoms with Crippen molar-refractivity contribution in [1.29, 1.82) is 0 Å². The van der Waals surface area contributed by atoms with Crippen LogP contribution in [0.15, 0.2) is 23.6 Å². The van der Waals surface area contributed by atoms with Crippen molar-refractivity contribution in [2.24, 2.45) is 0 Å². The molecule has 0 N–H and O–H groups in total. The Morgan fingerprint density at radius 2 is 2.17 bits per heavy atom. The van der Waals surface area contributed by atoms with Crippen LogP contribution in [0.5, 0.6) is 0 Å². The van der Waals surface area contributed by atoms with Gasteiger partial charge in [0.2, 0.25) is 0 Å². The Morgan fingerprint density at radius 3 is 2.92 bits per heavy atom. The van der Waals surface area contributed by atoms with Crippen LogP contribution in [0.1, 0.15) is 15.9 Å².